The molecule has 3 aromatic rings. The first-order chi connectivity index (χ1) is 17.3. The fourth-order valence-electron chi connectivity index (χ4n) is 3.98. The second-order valence-electron chi connectivity index (χ2n) is 7.81. The van der Waals surface area contributed by atoms with Gasteiger partial charge in [-0.25, -0.2) is 9.79 Å². The van der Waals surface area contributed by atoms with Crippen LogP contribution in [0.2, 0.25) is 5.02 Å². The van der Waals surface area contributed by atoms with E-state index in [1.807, 2.05) is 13.0 Å². The smallest absolute Gasteiger partial charge is 0.338 e. The van der Waals surface area contributed by atoms with Gasteiger partial charge in [0.05, 0.1) is 42.2 Å². The molecule has 0 N–H and O–H groups in total. The normalized spacial score (nSPS) is 15.4. The SMILES string of the molecule is CCOC(=O)C1=C(C)N=c2sc(=Cc3cc(OCC)c(OC)cc3Br)c(=O)n2C1c1ccc(Cl)cc1. The molecule has 0 amide bonds. The molecule has 2 heterocycles. The molecule has 0 radical (unpaired) electrons. The fraction of sp³-hybridized carbons (Fsp3) is 0.269. The molecule has 1 aromatic heterocycles. The molecule has 0 spiro atoms. The largest absolute Gasteiger partial charge is 0.493 e. The molecule has 0 fully saturated rings. The van der Waals surface area contributed by atoms with Crippen LogP contribution in [0.25, 0.3) is 6.08 Å². The molecule has 1 aliphatic rings. The van der Waals surface area contributed by atoms with Crippen LogP contribution in [0.3, 0.4) is 0 Å². The van der Waals surface area contributed by atoms with E-state index in [1.165, 1.54) is 11.3 Å². The number of esters is 1. The van der Waals surface area contributed by atoms with Gasteiger partial charge in [0.2, 0.25) is 0 Å². The summed E-state index contributed by atoms with van der Waals surface area (Å²) in [4.78, 5) is 31.8. The maximum absolute atomic E-state index is 13.8. The highest BCUT2D eigenvalue weighted by molar-refractivity contribution is 9.10. The molecule has 1 unspecified atom stereocenters. The molecule has 0 saturated heterocycles. The van der Waals surface area contributed by atoms with Crippen molar-refractivity contribution in [2.75, 3.05) is 20.3 Å². The van der Waals surface area contributed by atoms with Gasteiger partial charge < -0.3 is 14.2 Å². The van der Waals surface area contributed by atoms with Gasteiger partial charge in [0.15, 0.2) is 16.3 Å². The van der Waals surface area contributed by atoms with Crippen LogP contribution in [0.4, 0.5) is 0 Å². The Balaban J connectivity index is 1.94. The van der Waals surface area contributed by atoms with Crippen LogP contribution in [0.15, 0.2) is 61.9 Å². The second kappa shape index (κ2) is 11.0. The number of benzene rings is 2. The summed E-state index contributed by atoms with van der Waals surface area (Å²) in [6.07, 6.45) is 1.78. The van der Waals surface area contributed by atoms with Gasteiger partial charge in [-0.2, -0.15) is 0 Å². The number of thiazole rings is 1. The summed E-state index contributed by atoms with van der Waals surface area (Å²) in [5.74, 6) is 0.647. The predicted molar refractivity (Wildman–Crippen MR) is 144 cm³/mol. The highest BCUT2D eigenvalue weighted by atomic mass is 79.9. The Morgan fingerprint density at radius 1 is 1.19 bits per heavy atom. The van der Waals surface area contributed by atoms with Crippen molar-refractivity contribution in [3.05, 3.63) is 88.0 Å². The maximum atomic E-state index is 13.8. The third-order valence-electron chi connectivity index (χ3n) is 5.57. The van der Waals surface area contributed by atoms with Crippen LogP contribution in [0.5, 0.6) is 11.5 Å². The third-order valence-corrected chi connectivity index (χ3v) is 7.49. The summed E-state index contributed by atoms with van der Waals surface area (Å²) in [5, 5.41) is 0.555. The molecule has 10 heteroatoms. The van der Waals surface area contributed by atoms with Gasteiger partial charge in [-0.15, -0.1) is 0 Å². The Morgan fingerprint density at radius 3 is 2.56 bits per heavy atom. The molecule has 1 atom stereocenters. The predicted octanol–water partition coefficient (Wildman–Crippen LogP) is 4.62. The number of hydrogen-bond donors (Lipinski definition) is 0. The van der Waals surface area contributed by atoms with E-state index in [0.717, 1.165) is 15.6 Å². The van der Waals surface area contributed by atoms with Crippen LogP contribution in [0.1, 0.15) is 37.9 Å². The minimum atomic E-state index is -0.696. The van der Waals surface area contributed by atoms with Crippen LogP contribution in [-0.4, -0.2) is 30.9 Å². The van der Waals surface area contributed by atoms with Crippen LogP contribution < -0.4 is 24.4 Å². The number of aromatic nitrogens is 1. The van der Waals surface area contributed by atoms with Crippen molar-refractivity contribution in [2.24, 2.45) is 4.99 Å². The highest BCUT2D eigenvalue weighted by Gasteiger charge is 2.33. The lowest BCUT2D eigenvalue weighted by Crippen LogP contribution is -2.39. The van der Waals surface area contributed by atoms with Crippen LogP contribution in [0, 0.1) is 0 Å². The molecule has 36 heavy (non-hydrogen) atoms. The lowest BCUT2D eigenvalue weighted by atomic mass is 9.96. The summed E-state index contributed by atoms with van der Waals surface area (Å²) in [6, 6.07) is 9.98. The highest BCUT2D eigenvalue weighted by Crippen LogP contribution is 2.34. The molecule has 1 aliphatic heterocycles. The molecular formula is C26H24BrClN2O5S. The summed E-state index contributed by atoms with van der Waals surface area (Å²) >= 11 is 10.9. The number of fused-ring (bicyclic) bond motifs is 1. The van der Waals surface area contributed by atoms with Gasteiger partial charge in [0.1, 0.15) is 0 Å². The Hall–Kier alpha value is -2.88. The van der Waals surface area contributed by atoms with Crippen molar-refractivity contribution >= 4 is 50.9 Å². The topological polar surface area (TPSA) is 79.1 Å². The Kier molecular flexibility index (Phi) is 8.02. The quantitative estimate of drug-likeness (QED) is 0.375. The van der Waals surface area contributed by atoms with E-state index < -0.39 is 12.0 Å². The molecule has 7 nitrogen and oxygen atoms in total. The number of nitrogens with zero attached hydrogens (tertiary/aromatic N) is 2. The molecular weight excluding hydrogens is 568 g/mol. The van der Waals surface area contributed by atoms with E-state index in [4.69, 9.17) is 25.8 Å². The first-order valence-electron chi connectivity index (χ1n) is 11.2. The average molecular weight is 592 g/mol. The van der Waals surface area contributed by atoms with Gasteiger partial charge in [0.25, 0.3) is 5.56 Å². The van der Waals surface area contributed by atoms with E-state index in [9.17, 15) is 9.59 Å². The minimum Gasteiger partial charge on any atom is -0.493 e. The molecule has 2 aromatic carbocycles. The van der Waals surface area contributed by atoms with Crippen molar-refractivity contribution in [3.8, 4) is 11.5 Å². The first-order valence-corrected chi connectivity index (χ1v) is 13.2. The van der Waals surface area contributed by atoms with Crippen molar-refractivity contribution in [1.29, 1.82) is 0 Å². The fourth-order valence-corrected chi connectivity index (χ4v) is 5.58. The van der Waals surface area contributed by atoms with E-state index in [2.05, 4.69) is 20.9 Å². The Morgan fingerprint density at radius 2 is 1.92 bits per heavy atom. The zero-order chi connectivity index (χ0) is 26.0. The standard InChI is InChI=1S/C26H24BrClN2O5S/c1-5-34-20-11-16(18(27)13-19(20)33-4)12-21-24(31)30-23(15-7-9-17(28)10-8-15)22(25(32)35-6-2)14(3)29-26(30)36-21/h7-13,23H,5-6H2,1-4H3. The number of ether oxygens (including phenoxy) is 3. The maximum Gasteiger partial charge on any atom is 0.338 e. The summed E-state index contributed by atoms with van der Waals surface area (Å²) in [5.41, 5.74) is 2.03. The summed E-state index contributed by atoms with van der Waals surface area (Å²) in [6.45, 7) is 6.06. The number of carbonyl (C=O) groups is 1. The van der Waals surface area contributed by atoms with Gasteiger partial charge in [-0.05, 0) is 62.2 Å². The van der Waals surface area contributed by atoms with Crippen molar-refractivity contribution in [3.63, 3.8) is 0 Å². The van der Waals surface area contributed by atoms with E-state index in [-0.39, 0.29) is 12.2 Å². The number of methoxy groups -OCH3 is 1. The Bertz CT molecular complexity index is 1530. The molecule has 188 valence electrons. The third kappa shape index (κ3) is 5.00. The average Bonchev–Trinajstić information content (AvgIpc) is 3.15. The summed E-state index contributed by atoms with van der Waals surface area (Å²) < 4.78 is 19.2. The number of carbonyl (C=O) groups excluding carboxylic acids is 1. The molecule has 4 rings (SSSR count). The molecule has 0 saturated carbocycles. The van der Waals surface area contributed by atoms with Crippen molar-refractivity contribution in [2.45, 2.75) is 26.8 Å². The molecule has 0 aliphatic carbocycles. The van der Waals surface area contributed by atoms with Crippen LogP contribution in [-0.2, 0) is 9.53 Å². The van der Waals surface area contributed by atoms with Gasteiger partial charge in [-0.3, -0.25) is 9.36 Å². The monoisotopic (exact) mass is 590 g/mol. The number of allylic oxidation sites excluding steroid dienone is 1. The first kappa shape index (κ1) is 26.2. The van der Waals surface area contributed by atoms with E-state index in [1.54, 1.807) is 61.9 Å². The zero-order valence-electron chi connectivity index (χ0n) is 20.1. The van der Waals surface area contributed by atoms with Gasteiger partial charge in [0, 0.05) is 9.50 Å². The van der Waals surface area contributed by atoms with Gasteiger partial charge >= 0.3 is 5.97 Å². The summed E-state index contributed by atoms with van der Waals surface area (Å²) in [7, 11) is 1.57. The number of halogens is 2. The Labute approximate surface area is 225 Å². The number of rotatable bonds is 7. The van der Waals surface area contributed by atoms with Crippen molar-refractivity contribution in [1.82, 2.24) is 4.57 Å². The second-order valence-corrected chi connectivity index (χ2v) is 10.1. The van der Waals surface area contributed by atoms with Crippen LogP contribution >= 0.6 is 38.9 Å². The van der Waals surface area contributed by atoms with E-state index in [0.29, 0.717) is 43.7 Å². The number of hydrogen-bond acceptors (Lipinski definition) is 7. The van der Waals surface area contributed by atoms with Gasteiger partial charge in [-0.1, -0.05) is 51.0 Å². The molecule has 0 bridgehead atoms. The lowest BCUT2D eigenvalue weighted by molar-refractivity contribution is -0.139. The van der Waals surface area contributed by atoms with Crippen molar-refractivity contribution < 1.29 is 19.0 Å². The zero-order valence-corrected chi connectivity index (χ0v) is 23.3. The minimum absolute atomic E-state index is 0.209. The van der Waals surface area contributed by atoms with E-state index >= 15 is 0 Å². The lowest BCUT2D eigenvalue weighted by Gasteiger charge is -2.24.